The number of rotatable bonds is 8. The summed E-state index contributed by atoms with van der Waals surface area (Å²) in [6.45, 7) is 0.382. The van der Waals surface area contributed by atoms with Crippen LogP contribution in [0.2, 0.25) is 3.71 Å². The normalized spacial score (nSPS) is 16.8. The molecule has 0 amide bonds. The van der Waals surface area contributed by atoms with E-state index in [9.17, 15) is 0 Å². The molecule has 1 fully saturated rings. The molecule has 12 heavy (non-hydrogen) atoms. The van der Waals surface area contributed by atoms with Crippen LogP contribution in [0.5, 0.6) is 0 Å². The molecule has 0 saturated carbocycles. The first kappa shape index (κ1) is 11.1. The SMILES string of the molecule is OCCCCCCCCC1[Se][Se]1. The Hall–Kier alpha value is 0.999. The van der Waals surface area contributed by atoms with Gasteiger partial charge in [-0.3, -0.25) is 0 Å². The van der Waals surface area contributed by atoms with E-state index in [-0.39, 0.29) is 0 Å². The van der Waals surface area contributed by atoms with Crippen LogP contribution in [0.15, 0.2) is 0 Å². The molecule has 0 radical (unpaired) electrons. The monoisotopic (exact) mass is 302 g/mol. The molecule has 1 heterocycles. The molecular formula is C9H18OSe2. The fourth-order valence-corrected chi connectivity index (χ4v) is 5.49. The van der Waals surface area contributed by atoms with Crippen molar-refractivity contribution in [1.29, 1.82) is 0 Å². The van der Waals surface area contributed by atoms with Crippen LogP contribution in [0.1, 0.15) is 44.9 Å². The summed E-state index contributed by atoms with van der Waals surface area (Å²) in [5.74, 6) is 0. The van der Waals surface area contributed by atoms with Crippen molar-refractivity contribution in [2.75, 3.05) is 6.61 Å². The van der Waals surface area contributed by atoms with E-state index in [0.29, 0.717) is 6.61 Å². The molecule has 0 atom stereocenters. The minimum absolute atomic E-state index is 0.382. The predicted octanol–water partition coefficient (Wildman–Crippen LogP) is 1.79. The standard InChI is InChI=1S/C9H18OSe2/c10-8-6-4-2-1-3-5-7-9-11-12-9/h9-10H,1-8H2. The minimum atomic E-state index is 0.382. The second-order valence-corrected chi connectivity index (χ2v) is 12.2. The van der Waals surface area contributed by atoms with E-state index < -0.39 is 0 Å². The number of unbranched alkanes of at least 4 members (excludes halogenated alkanes) is 5. The third kappa shape index (κ3) is 6.51. The maximum atomic E-state index is 8.55. The summed E-state index contributed by atoms with van der Waals surface area (Å²) in [5, 5.41) is 8.55. The molecule has 0 aromatic heterocycles. The van der Waals surface area contributed by atoms with Crippen molar-refractivity contribution in [2.24, 2.45) is 0 Å². The summed E-state index contributed by atoms with van der Waals surface area (Å²) in [5.41, 5.74) is 0. The summed E-state index contributed by atoms with van der Waals surface area (Å²) in [6, 6.07) is 0. The molecule has 3 heteroatoms. The Bertz CT molecular complexity index is 105. The Morgan fingerprint density at radius 2 is 1.42 bits per heavy atom. The van der Waals surface area contributed by atoms with Gasteiger partial charge in [0.05, 0.1) is 0 Å². The molecule has 1 saturated heterocycles. The summed E-state index contributed by atoms with van der Waals surface area (Å²) >= 11 is 2.23. The van der Waals surface area contributed by atoms with Gasteiger partial charge in [0.15, 0.2) is 0 Å². The average Bonchev–Trinajstić information content (AvgIpc) is 2.87. The molecular weight excluding hydrogens is 282 g/mol. The van der Waals surface area contributed by atoms with Gasteiger partial charge in [-0.05, 0) is 0 Å². The summed E-state index contributed by atoms with van der Waals surface area (Å²) in [7, 11) is 0. The molecule has 1 aliphatic rings. The van der Waals surface area contributed by atoms with Gasteiger partial charge in [0.1, 0.15) is 0 Å². The van der Waals surface area contributed by atoms with Gasteiger partial charge in [-0.15, -0.1) is 0 Å². The average molecular weight is 300 g/mol. The van der Waals surface area contributed by atoms with Gasteiger partial charge in [0.2, 0.25) is 0 Å². The van der Waals surface area contributed by atoms with Gasteiger partial charge in [-0.25, -0.2) is 0 Å². The first-order valence-corrected chi connectivity index (χ1v) is 11.2. The Kier molecular flexibility index (Phi) is 6.84. The fourth-order valence-electron chi connectivity index (χ4n) is 1.27. The van der Waals surface area contributed by atoms with E-state index in [2.05, 4.69) is 0 Å². The van der Waals surface area contributed by atoms with Gasteiger partial charge in [-0.1, -0.05) is 0 Å². The Balaban J connectivity index is 1.65. The van der Waals surface area contributed by atoms with Crippen molar-refractivity contribution in [2.45, 2.75) is 48.7 Å². The molecule has 0 spiro atoms. The van der Waals surface area contributed by atoms with Crippen LogP contribution in [-0.4, -0.2) is 38.0 Å². The Labute approximate surface area is 86.6 Å². The van der Waals surface area contributed by atoms with Crippen LogP contribution >= 0.6 is 0 Å². The molecule has 0 aliphatic carbocycles. The summed E-state index contributed by atoms with van der Waals surface area (Å²) in [4.78, 5) is 0. The van der Waals surface area contributed by atoms with Gasteiger partial charge < -0.3 is 0 Å². The number of aliphatic hydroxyl groups is 1. The van der Waals surface area contributed by atoms with Crippen LogP contribution < -0.4 is 0 Å². The quantitative estimate of drug-likeness (QED) is 0.535. The third-order valence-electron chi connectivity index (χ3n) is 2.08. The Morgan fingerprint density at radius 1 is 0.833 bits per heavy atom. The fraction of sp³-hybridized carbons (Fsp3) is 1.00. The van der Waals surface area contributed by atoms with Crippen LogP contribution in [0, 0.1) is 0 Å². The molecule has 1 nitrogen and oxygen atoms in total. The first-order chi connectivity index (χ1) is 5.93. The summed E-state index contributed by atoms with van der Waals surface area (Å²) in [6.07, 6.45) is 9.43. The van der Waals surface area contributed by atoms with E-state index in [1.807, 2.05) is 0 Å². The predicted molar refractivity (Wildman–Crippen MR) is 54.7 cm³/mol. The van der Waals surface area contributed by atoms with E-state index in [1.165, 1.54) is 35.8 Å². The van der Waals surface area contributed by atoms with Gasteiger partial charge in [0, 0.05) is 0 Å². The molecule has 1 N–H and O–H groups in total. The second kappa shape index (κ2) is 7.41. The van der Waals surface area contributed by atoms with E-state index in [1.54, 1.807) is 6.42 Å². The molecule has 0 bridgehead atoms. The Morgan fingerprint density at radius 3 is 2.00 bits per heavy atom. The number of hydrogen-bond acceptors (Lipinski definition) is 1. The van der Waals surface area contributed by atoms with Crippen molar-refractivity contribution in [1.82, 2.24) is 0 Å². The maximum absolute atomic E-state index is 8.55. The first-order valence-electron chi connectivity index (χ1n) is 4.86. The molecule has 1 rings (SSSR count). The van der Waals surface area contributed by atoms with Crippen molar-refractivity contribution < 1.29 is 5.11 Å². The van der Waals surface area contributed by atoms with Crippen LogP contribution in [0.3, 0.4) is 0 Å². The molecule has 0 aromatic carbocycles. The number of aliphatic hydroxyl groups excluding tert-OH is 1. The van der Waals surface area contributed by atoms with Crippen molar-refractivity contribution in [3.05, 3.63) is 0 Å². The van der Waals surface area contributed by atoms with Gasteiger partial charge in [0.25, 0.3) is 0 Å². The third-order valence-corrected chi connectivity index (χ3v) is 9.11. The molecule has 0 unspecified atom stereocenters. The topological polar surface area (TPSA) is 20.2 Å². The van der Waals surface area contributed by atoms with Crippen molar-refractivity contribution >= 4 is 26.3 Å². The zero-order valence-electron chi connectivity index (χ0n) is 7.50. The second-order valence-electron chi connectivity index (χ2n) is 3.26. The zero-order chi connectivity index (χ0) is 8.65. The van der Waals surface area contributed by atoms with E-state index >= 15 is 0 Å². The van der Waals surface area contributed by atoms with E-state index in [4.69, 9.17) is 5.11 Å². The van der Waals surface area contributed by atoms with Gasteiger partial charge in [-0.2, -0.15) is 0 Å². The van der Waals surface area contributed by atoms with Gasteiger partial charge >= 0.3 is 86.6 Å². The summed E-state index contributed by atoms with van der Waals surface area (Å²) < 4.78 is 1.24. The van der Waals surface area contributed by atoms with Crippen molar-refractivity contribution in [3.63, 3.8) is 0 Å². The van der Waals surface area contributed by atoms with E-state index in [0.717, 1.165) is 32.7 Å². The van der Waals surface area contributed by atoms with Crippen LogP contribution in [0.4, 0.5) is 0 Å². The van der Waals surface area contributed by atoms with Crippen LogP contribution in [0.25, 0.3) is 0 Å². The van der Waals surface area contributed by atoms with Crippen molar-refractivity contribution in [3.8, 4) is 0 Å². The number of hydrogen-bond donors (Lipinski definition) is 1. The molecule has 0 aromatic rings. The zero-order valence-corrected chi connectivity index (χ0v) is 10.9. The van der Waals surface area contributed by atoms with Crippen LogP contribution in [-0.2, 0) is 0 Å². The molecule has 72 valence electrons. The molecule has 1 aliphatic heterocycles.